The van der Waals surface area contributed by atoms with Crippen LogP contribution in [0.3, 0.4) is 0 Å². The number of aromatic nitrogens is 4. The zero-order valence-corrected chi connectivity index (χ0v) is 23.0. The second-order valence-electron chi connectivity index (χ2n) is 10.3. The lowest BCUT2D eigenvalue weighted by molar-refractivity contribution is 0.0965. The number of aryl methyl sites for hydroxylation is 1. The molecule has 2 aromatic heterocycles. The van der Waals surface area contributed by atoms with E-state index in [2.05, 4.69) is 35.9 Å². The number of fused-ring (bicyclic) bond motifs is 1. The first-order valence-electron chi connectivity index (χ1n) is 12.9. The molecule has 37 heavy (non-hydrogen) atoms. The molecule has 0 spiro atoms. The maximum Gasteiger partial charge on any atom is 0.242 e. The fourth-order valence-corrected chi connectivity index (χ4v) is 4.78. The van der Waals surface area contributed by atoms with Gasteiger partial charge in [-0.1, -0.05) is 27.7 Å². The van der Waals surface area contributed by atoms with E-state index in [-0.39, 0.29) is 23.4 Å². The van der Waals surface area contributed by atoms with Gasteiger partial charge in [0, 0.05) is 35.3 Å². The number of hydrogen-bond donors (Lipinski definition) is 1. The number of carbonyl (C=O) groups is 1. The molecule has 0 bridgehead atoms. The van der Waals surface area contributed by atoms with Gasteiger partial charge in [0.15, 0.2) is 11.4 Å². The number of ether oxygens (including phenoxy) is 3. The normalized spacial score (nSPS) is 14.3. The van der Waals surface area contributed by atoms with E-state index in [9.17, 15) is 4.79 Å². The molecule has 3 heterocycles. The summed E-state index contributed by atoms with van der Waals surface area (Å²) in [6.07, 6.45) is 0.732. The van der Waals surface area contributed by atoms with Gasteiger partial charge in [-0.25, -0.2) is 4.68 Å². The minimum Gasteiger partial charge on any atom is -0.494 e. The minimum atomic E-state index is -0.243. The topological polar surface area (TPSA) is 107 Å². The lowest BCUT2D eigenvalue weighted by Gasteiger charge is -2.33. The largest absolute Gasteiger partial charge is 0.494 e. The monoisotopic (exact) mass is 510 g/mol. The third-order valence-electron chi connectivity index (χ3n) is 6.78. The molecule has 1 aliphatic heterocycles. The van der Waals surface area contributed by atoms with Crippen LogP contribution in [0.25, 0.3) is 5.65 Å². The second-order valence-corrected chi connectivity index (χ2v) is 10.3. The number of nitrogens with one attached hydrogen (secondary N) is 1. The molecule has 3 aromatic rings. The Morgan fingerprint density at radius 3 is 2.46 bits per heavy atom. The minimum absolute atomic E-state index is 0.0213. The van der Waals surface area contributed by atoms with Crippen LogP contribution in [-0.4, -0.2) is 65.2 Å². The van der Waals surface area contributed by atoms with Gasteiger partial charge in [0.1, 0.15) is 12.3 Å². The highest BCUT2D eigenvalue weighted by atomic mass is 16.5. The average molecular weight is 511 g/mol. The molecule has 1 saturated heterocycles. The Labute approximate surface area is 217 Å². The van der Waals surface area contributed by atoms with Gasteiger partial charge in [-0.3, -0.25) is 10.2 Å². The first kappa shape index (κ1) is 26.7. The Morgan fingerprint density at radius 2 is 1.86 bits per heavy atom. The summed E-state index contributed by atoms with van der Waals surface area (Å²) in [5.74, 6) is 1.14. The quantitative estimate of drug-likeness (QED) is 0.463. The summed E-state index contributed by atoms with van der Waals surface area (Å²) in [6.45, 7) is 15.3. The van der Waals surface area contributed by atoms with Crippen molar-refractivity contribution >= 4 is 17.1 Å². The molecule has 0 atom stereocenters. The third kappa shape index (κ3) is 5.07. The molecule has 0 unspecified atom stereocenters. The van der Waals surface area contributed by atoms with Crippen LogP contribution in [0.15, 0.2) is 12.1 Å². The summed E-state index contributed by atoms with van der Waals surface area (Å²) in [4.78, 5) is 15.9. The van der Waals surface area contributed by atoms with E-state index in [0.29, 0.717) is 36.9 Å². The highest BCUT2D eigenvalue weighted by molar-refractivity contribution is 5.97. The van der Waals surface area contributed by atoms with Crippen molar-refractivity contribution in [3.63, 3.8) is 0 Å². The van der Waals surface area contributed by atoms with Crippen molar-refractivity contribution in [1.29, 1.82) is 5.41 Å². The lowest BCUT2D eigenvalue weighted by atomic mass is 9.84. The number of nitrogens with zero attached hydrogens (tertiary/aromatic N) is 5. The first-order valence-corrected chi connectivity index (χ1v) is 12.9. The predicted octanol–water partition coefficient (Wildman–Crippen LogP) is 3.31. The zero-order valence-electron chi connectivity index (χ0n) is 23.0. The summed E-state index contributed by atoms with van der Waals surface area (Å²) in [7, 11) is 1.67. The maximum absolute atomic E-state index is 13.7. The molecule has 0 aliphatic carbocycles. The standard InChI is InChI=1S/C27H38N6O4/c1-8-19-17(3)24-29-32(26(28)33(24)30-25(19)37-9-2)16-22(34)18-14-20(27(4,5)6)23(35-7)21(15-18)31-10-12-36-13-11-31/h14-15,28H,8-13,16H2,1-7H3. The van der Waals surface area contributed by atoms with Crippen LogP contribution in [0.1, 0.15) is 61.7 Å². The third-order valence-corrected chi connectivity index (χ3v) is 6.78. The number of benzene rings is 1. The van der Waals surface area contributed by atoms with Crippen molar-refractivity contribution in [2.75, 3.05) is 44.9 Å². The van der Waals surface area contributed by atoms with E-state index in [4.69, 9.17) is 19.6 Å². The van der Waals surface area contributed by atoms with Gasteiger partial charge < -0.3 is 19.1 Å². The fourth-order valence-electron chi connectivity index (χ4n) is 4.78. The molecule has 200 valence electrons. The van der Waals surface area contributed by atoms with E-state index in [1.807, 2.05) is 32.9 Å². The molecule has 1 N–H and O–H groups in total. The number of ketones is 1. The van der Waals surface area contributed by atoms with Gasteiger partial charge in [0.25, 0.3) is 0 Å². The number of rotatable bonds is 8. The SMILES string of the molecule is CCOc1nn2c(=N)n(CC(=O)c3cc(N4CCOCC4)c(OC)c(C(C)(C)C)c3)nc2c(C)c1CC. The van der Waals surface area contributed by atoms with Gasteiger partial charge in [-0.05, 0) is 37.8 Å². The predicted molar refractivity (Wildman–Crippen MR) is 141 cm³/mol. The van der Waals surface area contributed by atoms with Crippen LogP contribution in [-0.2, 0) is 23.1 Å². The Kier molecular flexibility index (Phi) is 7.59. The molecule has 4 rings (SSSR count). The smallest absolute Gasteiger partial charge is 0.242 e. The molecule has 1 aliphatic rings. The molecule has 0 amide bonds. The van der Waals surface area contributed by atoms with E-state index in [1.54, 1.807) is 7.11 Å². The van der Waals surface area contributed by atoms with E-state index < -0.39 is 0 Å². The molecule has 1 aromatic carbocycles. The van der Waals surface area contributed by atoms with Gasteiger partial charge >= 0.3 is 0 Å². The lowest BCUT2D eigenvalue weighted by Crippen LogP contribution is -2.37. The second kappa shape index (κ2) is 10.5. The van der Waals surface area contributed by atoms with Crippen LogP contribution in [0.4, 0.5) is 5.69 Å². The molecular weight excluding hydrogens is 472 g/mol. The van der Waals surface area contributed by atoms with Crippen molar-refractivity contribution in [3.05, 3.63) is 40.0 Å². The van der Waals surface area contributed by atoms with Crippen molar-refractivity contribution in [3.8, 4) is 11.6 Å². The Bertz CT molecular complexity index is 1360. The summed E-state index contributed by atoms with van der Waals surface area (Å²) in [5, 5.41) is 17.8. The maximum atomic E-state index is 13.7. The van der Waals surface area contributed by atoms with Gasteiger partial charge in [-0.15, -0.1) is 10.2 Å². The van der Waals surface area contributed by atoms with Crippen molar-refractivity contribution in [2.45, 2.75) is 59.9 Å². The van der Waals surface area contributed by atoms with Gasteiger partial charge in [-0.2, -0.15) is 4.52 Å². The summed E-state index contributed by atoms with van der Waals surface area (Å²) in [6, 6.07) is 3.81. The molecular formula is C27H38N6O4. The van der Waals surface area contributed by atoms with E-state index >= 15 is 0 Å². The molecule has 10 nitrogen and oxygen atoms in total. The van der Waals surface area contributed by atoms with Crippen molar-refractivity contribution in [1.82, 2.24) is 19.4 Å². The summed E-state index contributed by atoms with van der Waals surface area (Å²) < 4.78 is 20.0. The average Bonchev–Trinajstić information content (AvgIpc) is 3.18. The van der Waals surface area contributed by atoms with Gasteiger partial charge in [0.2, 0.25) is 11.5 Å². The fraction of sp³-hybridized carbons (Fsp3) is 0.556. The van der Waals surface area contributed by atoms with Crippen LogP contribution in [0.2, 0.25) is 0 Å². The Balaban J connectivity index is 1.78. The molecule has 1 fully saturated rings. The number of methoxy groups -OCH3 is 1. The highest BCUT2D eigenvalue weighted by Crippen LogP contribution is 2.40. The van der Waals surface area contributed by atoms with E-state index in [1.165, 1.54) is 9.20 Å². The van der Waals surface area contributed by atoms with Crippen LogP contribution >= 0.6 is 0 Å². The number of morpholine rings is 1. The number of anilines is 1. The molecule has 10 heteroatoms. The zero-order chi connectivity index (χ0) is 26.9. The summed E-state index contributed by atoms with van der Waals surface area (Å²) >= 11 is 0. The van der Waals surface area contributed by atoms with E-state index in [0.717, 1.165) is 47.6 Å². The summed E-state index contributed by atoms with van der Waals surface area (Å²) in [5.41, 5.74) is 4.59. The van der Waals surface area contributed by atoms with Crippen LogP contribution < -0.4 is 20.0 Å². The Hall–Kier alpha value is -3.40. The number of carbonyl (C=O) groups excluding carboxylic acids is 1. The number of Topliss-reactive ketones (excluding diaryl/α,β-unsaturated/α-hetero) is 1. The first-order chi connectivity index (χ1) is 17.6. The van der Waals surface area contributed by atoms with Crippen LogP contribution in [0, 0.1) is 12.3 Å². The molecule has 0 radical (unpaired) electrons. The van der Waals surface area contributed by atoms with Crippen molar-refractivity contribution < 1.29 is 19.0 Å². The molecule has 0 saturated carbocycles. The van der Waals surface area contributed by atoms with Gasteiger partial charge in [0.05, 0.1) is 32.6 Å². The van der Waals surface area contributed by atoms with Crippen LogP contribution in [0.5, 0.6) is 11.6 Å². The number of hydrogen-bond acceptors (Lipinski definition) is 8. The highest BCUT2D eigenvalue weighted by Gasteiger charge is 2.27. The van der Waals surface area contributed by atoms with Crippen molar-refractivity contribution in [2.24, 2.45) is 0 Å². The Morgan fingerprint density at radius 1 is 1.16 bits per heavy atom.